The standard InChI is InChI=1S/C13H22BrNO2/c1-13(6-3-7-17-13)12(16)15-9-11-5-2-4-10(11)8-14/h10-11H,2-9H2,1H3,(H,15,16). The van der Waals surface area contributed by atoms with E-state index in [1.165, 1.54) is 19.3 Å². The van der Waals surface area contributed by atoms with Crippen LogP contribution >= 0.6 is 15.9 Å². The molecule has 1 aliphatic heterocycles. The van der Waals surface area contributed by atoms with Gasteiger partial charge in [-0.25, -0.2) is 0 Å². The zero-order valence-electron chi connectivity index (χ0n) is 10.5. The first-order chi connectivity index (χ1) is 8.15. The molecule has 0 bridgehead atoms. The number of alkyl halides is 1. The quantitative estimate of drug-likeness (QED) is 0.810. The van der Waals surface area contributed by atoms with Crippen LogP contribution in [0.15, 0.2) is 0 Å². The molecule has 1 saturated heterocycles. The molecular formula is C13H22BrNO2. The Morgan fingerprint density at radius 2 is 2.18 bits per heavy atom. The van der Waals surface area contributed by atoms with Crippen LogP contribution in [0.1, 0.15) is 39.0 Å². The highest BCUT2D eigenvalue weighted by Gasteiger charge is 2.38. The normalized spacial score (nSPS) is 37.3. The van der Waals surface area contributed by atoms with E-state index < -0.39 is 5.60 Å². The molecule has 1 amide bonds. The van der Waals surface area contributed by atoms with E-state index in [9.17, 15) is 4.79 Å². The highest BCUT2D eigenvalue weighted by Crippen LogP contribution is 2.32. The molecule has 0 aromatic heterocycles. The van der Waals surface area contributed by atoms with Crippen molar-refractivity contribution >= 4 is 21.8 Å². The van der Waals surface area contributed by atoms with E-state index in [-0.39, 0.29) is 5.91 Å². The number of rotatable bonds is 4. The van der Waals surface area contributed by atoms with E-state index in [1.54, 1.807) is 0 Å². The maximum atomic E-state index is 12.1. The van der Waals surface area contributed by atoms with Crippen molar-refractivity contribution in [3.05, 3.63) is 0 Å². The lowest BCUT2D eigenvalue weighted by atomic mass is 9.97. The summed E-state index contributed by atoms with van der Waals surface area (Å²) >= 11 is 3.56. The third-order valence-corrected chi connectivity index (χ3v) is 5.07. The first-order valence-electron chi connectivity index (χ1n) is 6.64. The molecule has 98 valence electrons. The van der Waals surface area contributed by atoms with Crippen molar-refractivity contribution in [1.82, 2.24) is 5.32 Å². The Kier molecular flexibility index (Phi) is 4.47. The summed E-state index contributed by atoms with van der Waals surface area (Å²) in [6, 6.07) is 0. The van der Waals surface area contributed by atoms with Crippen molar-refractivity contribution in [3.63, 3.8) is 0 Å². The largest absolute Gasteiger partial charge is 0.365 e. The molecule has 1 saturated carbocycles. The van der Waals surface area contributed by atoms with E-state index in [2.05, 4.69) is 21.2 Å². The number of amides is 1. The van der Waals surface area contributed by atoms with Crippen molar-refractivity contribution < 1.29 is 9.53 Å². The number of hydrogen-bond acceptors (Lipinski definition) is 2. The number of hydrogen-bond donors (Lipinski definition) is 1. The van der Waals surface area contributed by atoms with Crippen molar-refractivity contribution in [2.75, 3.05) is 18.5 Å². The second-order valence-electron chi connectivity index (χ2n) is 5.50. The highest BCUT2D eigenvalue weighted by molar-refractivity contribution is 9.09. The van der Waals surface area contributed by atoms with Gasteiger partial charge in [0.1, 0.15) is 5.60 Å². The van der Waals surface area contributed by atoms with E-state index in [1.807, 2.05) is 6.92 Å². The lowest BCUT2D eigenvalue weighted by Crippen LogP contribution is -2.45. The summed E-state index contributed by atoms with van der Waals surface area (Å²) in [6.45, 7) is 3.44. The molecule has 3 atom stereocenters. The van der Waals surface area contributed by atoms with Gasteiger partial charge in [-0.3, -0.25) is 4.79 Å². The predicted octanol–water partition coefficient (Wildman–Crippen LogP) is 2.48. The molecule has 2 aliphatic rings. The van der Waals surface area contributed by atoms with Gasteiger partial charge in [-0.2, -0.15) is 0 Å². The van der Waals surface area contributed by atoms with Crippen LogP contribution in [0.3, 0.4) is 0 Å². The topological polar surface area (TPSA) is 38.3 Å². The Labute approximate surface area is 112 Å². The summed E-state index contributed by atoms with van der Waals surface area (Å²) in [5.41, 5.74) is -0.567. The minimum Gasteiger partial charge on any atom is -0.365 e. The zero-order chi connectivity index (χ0) is 12.3. The highest BCUT2D eigenvalue weighted by atomic mass is 79.9. The number of halogens is 1. The zero-order valence-corrected chi connectivity index (χ0v) is 12.1. The molecule has 1 aliphatic carbocycles. The summed E-state index contributed by atoms with van der Waals surface area (Å²) < 4.78 is 5.55. The van der Waals surface area contributed by atoms with Crippen LogP contribution in [0, 0.1) is 11.8 Å². The van der Waals surface area contributed by atoms with Gasteiger partial charge in [0, 0.05) is 18.5 Å². The molecule has 3 unspecified atom stereocenters. The second-order valence-corrected chi connectivity index (χ2v) is 6.15. The summed E-state index contributed by atoms with van der Waals surface area (Å²) in [6.07, 6.45) is 5.68. The maximum absolute atomic E-state index is 12.1. The van der Waals surface area contributed by atoms with Crippen molar-refractivity contribution in [1.29, 1.82) is 0 Å². The second kappa shape index (κ2) is 5.70. The monoisotopic (exact) mass is 303 g/mol. The van der Waals surface area contributed by atoms with Gasteiger partial charge in [0.15, 0.2) is 0 Å². The molecule has 1 N–H and O–H groups in total. The van der Waals surface area contributed by atoms with Gasteiger partial charge < -0.3 is 10.1 Å². The fraction of sp³-hybridized carbons (Fsp3) is 0.923. The SMILES string of the molecule is CC1(C(=O)NCC2CCCC2CBr)CCCO1. The Morgan fingerprint density at radius 1 is 1.41 bits per heavy atom. The molecule has 0 aromatic carbocycles. The summed E-state index contributed by atoms with van der Waals surface area (Å²) in [7, 11) is 0. The molecule has 0 radical (unpaired) electrons. The first kappa shape index (κ1) is 13.3. The Bertz CT molecular complexity index is 277. The molecule has 4 heteroatoms. The van der Waals surface area contributed by atoms with Gasteiger partial charge in [0.05, 0.1) is 0 Å². The number of carbonyl (C=O) groups excluding carboxylic acids is 1. The van der Waals surface area contributed by atoms with E-state index in [0.717, 1.165) is 37.2 Å². The fourth-order valence-electron chi connectivity index (χ4n) is 2.95. The van der Waals surface area contributed by atoms with Gasteiger partial charge in [0.25, 0.3) is 5.91 Å². The summed E-state index contributed by atoms with van der Waals surface area (Å²) in [5.74, 6) is 1.45. The summed E-state index contributed by atoms with van der Waals surface area (Å²) in [4.78, 5) is 12.1. The third kappa shape index (κ3) is 3.02. The van der Waals surface area contributed by atoms with Crippen LogP contribution in [-0.2, 0) is 9.53 Å². The average molecular weight is 304 g/mol. The fourth-order valence-corrected chi connectivity index (χ4v) is 3.81. The number of carbonyl (C=O) groups is 1. The minimum absolute atomic E-state index is 0.0789. The van der Waals surface area contributed by atoms with Crippen LogP contribution in [-0.4, -0.2) is 30.0 Å². The molecule has 17 heavy (non-hydrogen) atoms. The first-order valence-corrected chi connectivity index (χ1v) is 7.76. The minimum atomic E-state index is -0.567. The molecule has 1 heterocycles. The summed E-state index contributed by atoms with van der Waals surface area (Å²) in [5, 5.41) is 4.14. The van der Waals surface area contributed by atoms with Gasteiger partial charge in [-0.1, -0.05) is 22.4 Å². The van der Waals surface area contributed by atoms with Crippen LogP contribution in [0.2, 0.25) is 0 Å². The lowest BCUT2D eigenvalue weighted by molar-refractivity contribution is -0.139. The van der Waals surface area contributed by atoms with Crippen molar-refractivity contribution in [2.45, 2.75) is 44.6 Å². The van der Waals surface area contributed by atoms with Crippen LogP contribution < -0.4 is 5.32 Å². The maximum Gasteiger partial charge on any atom is 0.251 e. The molecular weight excluding hydrogens is 282 g/mol. The van der Waals surface area contributed by atoms with E-state index >= 15 is 0 Å². The number of nitrogens with one attached hydrogen (secondary N) is 1. The smallest absolute Gasteiger partial charge is 0.251 e. The number of ether oxygens (including phenoxy) is 1. The Balaban J connectivity index is 1.79. The van der Waals surface area contributed by atoms with Crippen LogP contribution in [0.4, 0.5) is 0 Å². The van der Waals surface area contributed by atoms with Crippen molar-refractivity contribution in [2.24, 2.45) is 11.8 Å². The molecule has 2 fully saturated rings. The predicted molar refractivity (Wildman–Crippen MR) is 71.2 cm³/mol. The molecule has 2 rings (SSSR count). The van der Waals surface area contributed by atoms with Crippen LogP contribution in [0.25, 0.3) is 0 Å². The third-order valence-electron chi connectivity index (χ3n) is 4.24. The van der Waals surface area contributed by atoms with Gasteiger partial charge >= 0.3 is 0 Å². The Hall–Kier alpha value is -0.0900. The van der Waals surface area contributed by atoms with Crippen molar-refractivity contribution in [3.8, 4) is 0 Å². The van der Waals surface area contributed by atoms with E-state index in [0.29, 0.717) is 5.92 Å². The van der Waals surface area contributed by atoms with Gasteiger partial charge in [-0.15, -0.1) is 0 Å². The average Bonchev–Trinajstić information content (AvgIpc) is 2.95. The van der Waals surface area contributed by atoms with Gasteiger partial charge in [-0.05, 0) is 44.4 Å². The molecule has 0 aromatic rings. The van der Waals surface area contributed by atoms with Crippen LogP contribution in [0.5, 0.6) is 0 Å². The molecule has 3 nitrogen and oxygen atoms in total. The van der Waals surface area contributed by atoms with E-state index in [4.69, 9.17) is 4.74 Å². The lowest BCUT2D eigenvalue weighted by Gasteiger charge is -2.24. The Morgan fingerprint density at radius 3 is 2.82 bits per heavy atom. The molecule has 0 spiro atoms. The van der Waals surface area contributed by atoms with Gasteiger partial charge in [0.2, 0.25) is 0 Å².